The number of pyridine rings is 1. The Balaban J connectivity index is 2.00. The molecule has 0 saturated carbocycles. The third-order valence-corrected chi connectivity index (χ3v) is 3.85. The molecule has 2 heterocycles. The molecule has 1 fully saturated rings. The van der Waals surface area contributed by atoms with Gasteiger partial charge in [-0.05, 0) is 24.3 Å². The van der Waals surface area contributed by atoms with Gasteiger partial charge in [0.2, 0.25) is 0 Å². The standard InChI is InChI=1S/C15H19N3O/c16-18-14(12-5-3-9-19-10-12)15-13-6-2-1-4-11(13)7-8-17-15/h1-2,4,6-8,12,14,18H,3,5,9-10,16H2. The molecule has 3 N–H and O–H groups in total. The van der Waals surface area contributed by atoms with Gasteiger partial charge in [0.15, 0.2) is 0 Å². The molecule has 0 amide bonds. The van der Waals surface area contributed by atoms with Crippen molar-refractivity contribution in [2.75, 3.05) is 13.2 Å². The molecule has 100 valence electrons. The van der Waals surface area contributed by atoms with Gasteiger partial charge in [0, 0.05) is 24.1 Å². The Bertz CT molecular complexity index is 547. The lowest BCUT2D eigenvalue weighted by atomic mass is 9.90. The number of ether oxygens (including phenoxy) is 1. The first-order valence-electron chi connectivity index (χ1n) is 6.77. The van der Waals surface area contributed by atoms with Crippen LogP contribution in [0.3, 0.4) is 0 Å². The van der Waals surface area contributed by atoms with Crippen LogP contribution in [0.25, 0.3) is 10.8 Å². The minimum atomic E-state index is 0.0476. The number of aromatic nitrogens is 1. The molecular weight excluding hydrogens is 238 g/mol. The van der Waals surface area contributed by atoms with Crippen LogP contribution in [-0.2, 0) is 4.74 Å². The second kappa shape index (κ2) is 5.65. The smallest absolute Gasteiger partial charge is 0.0688 e. The molecule has 2 unspecified atom stereocenters. The Labute approximate surface area is 112 Å². The van der Waals surface area contributed by atoms with Crippen molar-refractivity contribution < 1.29 is 4.74 Å². The summed E-state index contributed by atoms with van der Waals surface area (Å²) in [7, 11) is 0. The van der Waals surface area contributed by atoms with Gasteiger partial charge in [0.1, 0.15) is 0 Å². The fourth-order valence-electron chi connectivity index (χ4n) is 2.86. The van der Waals surface area contributed by atoms with Crippen LogP contribution >= 0.6 is 0 Å². The maximum atomic E-state index is 5.78. The normalized spacial score (nSPS) is 21.4. The van der Waals surface area contributed by atoms with Crippen LogP contribution in [0.2, 0.25) is 0 Å². The molecule has 0 bridgehead atoms. The van der Waals surface area contributed by atoms with Crippen LogP contribution in [0.15, 0.2) is 36.5 Å². The second-order valence-corrected chi connectivity index (χ2v) is 5.04. The van der Waals surface area contributed by atoms with Gasteiger partial charge < -0.3 is 4.74 Å². The maximum absolute atomic E-state index is 5.78. The Hall–Kier alpha value is -1.49. The number of benzene rings is 1. The molecule has 19 heavy (non-hydrogen) atoms. The van der Waals surface area contributed by atoms with Gasteiger partial charge in [-0.3, -0.25) is 16.3 Å². The first-order chi connectivity index (χ1) is 9.40. The van der Waals surface area contributed by atoms with Crippen molar-refractivity contribution in [3.63, 3.8) is 0 Å². The average molecular weight is 257 g/mol. The second-order valence-electron chi connectivity index (χ2n) is 5.04. The maximum Gasteiger partial charge on any atom is 0.0688 e. The number of nitrogens with two attached hydrogens (primary N) is 1. The summed E-state index contributed by atoms with van der Waals surface area (Å²) in [6.45, 7) is 1.61. The van der Waals surface area contributed by atoms with Crippen molar-refractivity contribution in [1.29, 1.82) is 0 Å². The van der Waals surface area contributed by atoms with Gasteiger partial charge in [-0.2, -0.15) is 0 Å². The van der Waals surface area contributed by atoms with Gasteiger partial charge in [-0.15, -0.1) is 0 Å². The van der Waals surface area contributed by atoms with E-state index in [1.165, 1.54) is 10.8 Å². The summed E-state index contributed by atoms with van der Waals surface area (Å²) in [6.07, 6.45) is 4.07. The first-order valence-corrected chi connectivity index (χ1v) is 6.77. The van der Waals surface area contributed by atoms with Crippen LogP contribution in [0.1, 0.15) is 24.6 Å². The molecule has 4 nitrogen and oxygen atoms in total. The quantitative estimate of drug-likeness (QED) is 0.653. The molecular formula is C15H19N3O. The Morgan fingerprint density at radius 2 is 2.21 bits per heavy atom. The largest absolute Gasteiger partial charge is 0.381 e. The predicted molar refractivity (Wildman–Crippen MR) is 75.4 cm³/mol. The van der Waals surface area contributed by atoms with E-state index in [9.17, 15) is 0 Å². The Morgan fingerprint density at radius 3 is 3.00 bits per heavy atom. The molecule has 2 atom stereocenters. The first kappa shape index (κ1) is 12.5. The van der Waals surface area contributed by atoms with Gasteiger partial charge >= 0.3 is 0 Å². The molecule has 1 aromatic heterocycles. The summed E-state index contributed by atoms with van der Waals surface area (Å²) in [5.74, 6) is 6.17. The van der Waals surface area contributed by atoms with E-state index in [1.54, 1.807) is 0 Å². The van der Waals surface area contributed by atoms with E-state index in [-0.39, 0.29) is 6.04 Å². The van der Waals surface area contributed by atoms with Crippen LogP contribution in [-0.4, -0.2) is 18.2 Å². The van der Waals surface area contributed by atoms with Crippen molar-refractivity contribution in [2.45, 2.75) is 18.9 Å². The average Bonchev–Trinajstić information content (AvgIpc) is 2.49. The van der Waals surface area contributed by atoms with Gasteiger partial charge in [0.05, 0.1) is 18.3 Å². The zero-order valence-electron chi connectivity index (χ0n) is 10.9. The van der Waals surface area contributed by atoms with Crippen molar-refractivity contribution in [3.8, 4) is 0 Å². The van der Waals surface area contributed by atoms with E-state index in [2.05, 4.69) is 22.5 Å². The SMILES string of the molecule is NNC(c1nccc2ccccc12)C1CCCOC1. The van der Waals surface area contributed by atoms with E-state index in [4.69, 9.17) is 10.6 Å². The third kappa shape index (κ3) is 2.47. The number of hydrogen-bond acceptors (Lipinski definition) is 4. The molecule has 2 aromatic rings. The number of hydrogen-bond donors (Lipinski definition) is 2. The van der Waals surface area contributed by atoms with E-state index in [0.29, 0.717) is 5.92 Å². The lowest BCUT2D eigenvalue weighted by Gasteiger charge is -2.29. The molecule has 1 saturated heterocycles. The lowest BCUT2D eigenvalue weighted by Crippen LogP contribution is -2.37. The number of nitrogens with one attached hydrogen (secondary N) is 1. The van der Waals surface area contributed by atoms with Crippen LogP contribution < -0.4 is 11.3 Å². The van der Waals surface area contributed by atoms with E-state index in [1.807, 2.05) is 24.4 Å². The number of rotatable bonds is 3. The van der Waals surface area contributed by atoms with E-state index < -0.39 is 0 Å². The molecule has 0 aliphatic carbocycles. The molecule has 0 spiro atoms. The molecule has 1 aliphatic heterocycles. The van der Waals surface area contributed by atoms with Crippen LogP contribution in [0, 0.1) is 5.92 Å². The summed E-state index contributed by atoms with van der Waals surface area (Å²) >= 11 is 0. The highest BCUT2D eigenvalue weighted by Gasteiger charge is 2.26. The molecule has 1 aliphatic rings. The number of fused-ring (bicyclic) bond motifs is 1. The van der Waals surface area contributed by atoms with Crippen molar-refractivity contribution in [2.24, 2.45) is 11.8 Å². The van der Waals surface area contributed by atoms with Gasteiger partial charge in [-0.25, -0.2) is 0 Å². The predicted octanol–water partition coefficient (Wildman–Crippen LogP) is 2.17. The summed E-state index contributed by atoms with van der Waals surface area (Å²) in [4.78, 5) is 4.56. The highest BCUT2D eigenvalue weighted by molar-refractivity contribution is 5.84. The monoisotopic (exact) mass is 257 g/mol. The summed E-state index contributed by atoms with van der Waals surface area (Å²) < 4.78 is 5.58. The van der Waals surface area contributed by atoms with Crippen molar-refractivity contribution >= 4 is 10.8 Å². The number of nitrogens with zero attached hydrogens (tertiary/aromatic N) is 1. The van der Waals surface area contributed by atoms with E-state index >= 15 is 0 Å². The minimum Gasteiger partial charge on any atom is -0.381 e. The third-order valence-electron chi connectivity index (χ3n) is 3.85. The Kier molecular flexibility index (Phi) is 3.73. The highest BCUT2D eigenvalue weighted by Crippen LogP contribution is 2.31. The zero-order valence-corrected chi connectivity index (χ0v) is 10.9. The fourth-order valence-corrected chi connectivity index (χ4v) is 2.86. The van der Waals surface area contributed by atoms with Crippen LogP contribution in [0.5, 0.6) is 0 Å². The Morgan fingerprint density at radius 1 is 1.32 bits per heavy atom. The molecule has 1 aromatic carbocycles. The van der Waals surface area contributed by atoms with Crippen LogP contribution in [0.4, 0.5) is 0 Å². The summed E-state index contributed by atoms with van der Waals surface area (Å²) in [5, 5.41) is 2.36. The molecule has 4 heteroatoms. The zero-order chi connectivity index (χ0) is 13.1. The van der Waals surface area contributed by atoms with Gasteiger partial charge in [-0.1, -0.05) is 24.3 Å². The topological polar surface area (TPSA) is 60.2 Å². The lowest BCUT2D eigenvalue weighted by molar-refractivity contribution is 0.0386. The highest BCUT2D eigenvalue weighted by atomic mass is 16.5. The minimum absolute atomic E-state index is 0.0476. The molecule has 0 radical (unpaired) electrons. The van der Waals surface area contributed by atoms with E-state index in [0.717, 1.165) is 31.7 Å². The molecule has 3 rings (SSSR count). The summed E-state index contributed by atoms with van der Waals surface area (Å²) in [6, 6.07) is 10.4. The van der Waals surface area contributed by atoms with Crippen molar-refractivity contribution in [1.82, 2.24) is 10.4 Å². The fraction of sp³-hybridized carbons (Fsp3) is 0.400. The van der Waals surface area contributed by atoms with Crippen molar-refractivity contribution in [3.05, 3.63) is 42.2 Å². The van der Waals surface area contributed by atoms with Gasteiger partial charge in [0.25, 0.3) is 0 Å². The number of hydrazine groups is 1. The summed E-state index contributed by atoms with van der Waals surface area (Å²) in [5.41, 5.74) is 3.96.